The van der Waals surface area contributed by atoms with Gasteiger partial charge in [-0.2, -0.15) is 0 Å². The zero-order chi connectivity index (χ0) is 16.0. The SMILES string of the molecule is O=C(O)c1ccc(NC(=O)N(CCO)CC(F)F)c(Br)c1. The summed E-state index contributed by atoms with van der Waals surface area (Å²) in [6.45, 7) is -1.49. The number of carboxylic acid groups (broad SMARTS) is 1. The highest BCUT2D eigenvalue weighted by molar-refractivity contribution is 9.10. The molecular formula is C12H13BrF2N2O4. The third-order valence-corrected chi connectivity index (χ3v) is 3.13. The summed E-state index contributed by atoms with van der Waals surface area (Å²) in [6.07, 6.45) is -2.72. The van der Waals surface area contributed by atoms with Gasteiger partial charge in [-0.05, 0) is 34.1 Å². The third-order valence-electron chi connectivity index (χ3n) is 2.47. The molecule has 0 heterocycles. The fraction of sp³-hybridized carbons (Fsp3) is 0.333. The van der Waals surface area contributed by atoms with Crippen LogP contribution < -0.4 is 5.32 Å². The van der Waals surface area contributed by atoms with Gasteiger partial charge in [-0.3, -0.25) is 0 Å². The lowest BCUT2D eigenvalue weighted by Gasteiger charge is -2.22. The maximum atomic E-state index is 12.4. The van der Waals surface area contributed by atoms with Gasteiger partial charge in [0.15, 0.2) is 0 Å². The zero-order valence-electron chi connectivity index (χ0n) is 10.7. The number of nitrogens with one attached hydrogen (secondary N) is 1. The highest BCUT2D eigenvalue weighted by Gasteiger charge is 2.18. The predicted octanol–water partition coefficient (Wildman–Crippen LogP) is 2.24. The second-order valence-corrected chi connectivity index (χ2v) is 4.84. The second-order valence-electron chi connectivity index (χ2n) is 3.99. The summed E-state index contributed by atoms with van der Waals surface area (Å²) in [4.78, 5) is 23.4. The first-order valence-corrected chi connectivity index (χ1v) is 6.62. The lowest BCUT2D eigenvalue weighted by Crippen LogP contribution is -2.40. The van der Waals surface area contributed by atoms with Crippen molar-refractivity contribution < 1.29 is 28.6 Å². The maximum Gasteiger partial charge on any atom is 0.335 e. The van der Waals surface area contributed by atoms with Crippen LogP contribution in [0.5, 0.6) is 0 Å². The van der Waals surface area contributed by atoms with E-state index in [2.05, 4.69) is 21.2 Å². The normalized spacial score (nSPS) is 10.5. The molecule has 0 unspecified atom stereocenters. The molecule has 0 aliphatic carbocycles. The van der Waals surface area contributed by atoms with Crippen LogP contribution in [0, 0.1) is 0 Å². The molecule has 2 amide bonds. The van der Waals surface area contributed by atoms with E-state index in [4.69, 9.17) is 10.2 Å². The number of carbonyl (C=O) groups is 2. The Morgan fingerprint density at radius 1 is 1.38 bits per heavy atom. The van der Waals surface area contributed by atoms with Crippen LogP contribution in [0.25, 0.3) is 0 Å². The minimum Gasteiger partial charge on any atom is -0.478 e. The molecule has 9 heteroatoms. The summed E-state index contributed by atoms with van der Waals surface area (Å²) < 4.78 is 25.0. The van der Waals surface area contributed by atoms with Crippen molar-refractivity contribution in [1.82, 2.24) is 4.90 Å². The van der Waals surface area contributed by atoms with Crippen molar-refractivity contribution in [2.24, 2.45) is 0 Å². The summed E-state index contributed by atoms with van der Waals surface area (Å²) in [5.74, 6) is -1.13. The van der Waals surface area contributed by atoms with Crippen molar-refractivity contribution >= 4 is 33.6 Å². The number of rotatable bonds is 6. The van der Waals surface area contributed by atoms with Crippen LogP contribution in [-0.4, -0.2) is 53.2 Å². The molecule has 1 rings (SSSR count). The first-order chi connectivity index (χ1) is 9.85. The van der Waals surface area contributed by atoms with E-state index in [1.165, 1.54) is 18.2 Å². The summed E-state index contributed by atoms with van der Waals surface area (Å²) in [5, 5.41) is 20.0. The standard InChI is InChI=1S/C12H13BrF2N2O4/c13-8-5-7(11(19)20)1-2-9(8)16-12(21)17(3-4-18)6-10(14)15/h1-2,5,10,18H,3-4,6H2,(H,16,21)(H,19,20). The van der Waals surface area contributed by atoms with Gasteiger partial charge in [0.2, 0.25) is 0 Å². The quantitative estimate of drug-likeness (QED) is 0.720. The number of carboxylic acids is 1. The van der Waals surface area contributed by atoms with E-state index in [0.29, 0.717) is 4.47 Å². The number of hydrogen-bond acceptors (Lipinski definition) is 3. The highest BCUT2D eigenvalue weighted by atomic mass is 79.9. The number of amides is 2. The van der Waals surface area contributed by atoms with Gasteiger partial charge in [0.05, 0.1) is 24.4 Å². The van der Waals surface area contributed by atoms with Gasteiger partial charge < -0.3 is 20.4 Å². The minimum absolute atomic E-state index is 0.0136. The fourth-order valence-electron chi connectivity index (χ4n) is 1.51. The summed E-state index contributed by atoms with van der Waals surface area (Å²) in [5.41, 5.74) is 0.252. The number of nitrogens with zero attached hydrogens (tertiary/aromatic N) is 1. The number of carbonyl (C=O) groups excluding carboxylic acids is 1. The molecule has 1 aromatic rings. The molecule has 0 aliphatic heterocycles. The largest absolute Gasteiger partial charge is 0.478 e. The van der Waals surface area contributed by atoms with E-state index in [1.54, 1.807) is 0 Å². The average molecular weight is 367 g/mol. The number of halogens is 3. The minimum atomic E-state index is -2.72. The number of urea groups is 1. The molecule has 3 N–H and O–H groups in total. The zero-order valence-corrected chi connectivity index (χ0v) is 12.3. The smallest absolute Gasteiger partial charge is 0.335 e. The Balaban J connectivity index is 2.83. The van der Waals surface area contributed by atoms with Crippen LogP contribution in [0.3, 0.4) is 0 Å². The summed E-state index contributed by atoms with van der Waals surface area (Å²) in [7, 11) is 0. The van der Waals surface area contributed by atoms with Crippen molar-refractivity contribution in [1.29, 1.82) is 0 Å². The van der Waals surface area contributed by atoms with E-state index < -0.39 is 31.6 Å². The van der Waals surface area contributed by atoms with Crippen molar-refractivity contribution in [2.75, 3.05) is 25.0 Å². The molecule has 0 spiro atoms. The van der Waals surface area contributed by atoms with Gasteiger partial charge >= 0.3 is 12.0 Å². The summed E-state index contributed by atoms with van der Waals surface area (Å²) >= 11 is 3.09. The van der Waals surface area contributed by atoms with Crippen LogP contribution in [0.1, 0.15) is 10.4 Å². The number of aliphatic hydroxyl groups excluding tert-OH is 1. The number of alkyl halides is 2. The predicted molar refractivity (Wildman–Crippen MR) is 74.8 cm³/mol. The van der Waals surface area contributed by atoms with Crippen LogP contribution in [-0.2, 0) is 0 Å². The van der Waals surface area contributed by atoms with E-state index in [1.807, 2.05) is 0 Å². The van der Waals surface area contributed by atoms with E-state index in [9.17, 15) is 18.4 Å². The Morgan fingerprint density at radius 2 is 2.05 bits per heavy atom. The first kappa shape index (κ1) is 17.3. The number of benzene rings is 1. The van der Waals surface area contributed by atoms with Crippen molar-refractivity contribution in [3.8, 4) is 0 Å². The molecule has 0 radical (unpaired) electrons. The van der Waals surface area contributed by atoms with Crippen molar-refractivity contribution in [2.45, 2.75) is 6.43 Å². The Labute approximate surface area is 127 Å². The molecule has 0 aliphatic rings. The fourth-order valence-corrected chi connectivity index (χ4v) is 1.98. The second kappa shape index (κ2) is 7.89. The van der Waals surface area contributed by atoms with Crippen molar-refractivity contribution in [3.63, 3.8) is 0 Å². The van der Waals surface area contributed by atoms with E-state index in [-0.39, 0.29) is 17.8 Å². The van der Waals surface area contributed by atoms with E-state index in [0.717, 1.165) is 4.90 Å². The maximum absolute atomic E-state index is 12.4. The van der Waals surface area contributed by atoms with Crippen LogP contribution >= 0.6 is 15.9 Å². The monoisotopic (exact) mass is 366 g/mol. The lowest BCUT2D eigenvalue weighted by atomic mass is 10.2. The van der Waals surface area contributed by atoms with E-state index >= 15 is 0 Å². The molecule has 0 atom stereocenters. The Bertz CT molecular complexity index is 528. The molecule has 21 heavy (non-hydrogen) atoms. The third kappa shape index (κ3) is 5.27. The summed E-state index contributed by atoms with van der Waals surface area (Å²) in [6, 6.07) is 3.08. The van der Waals surface area contributed by atoms with Gasteiger partial charge in [-0.1, -0.05) is 0 Å². The van der Waals surface area contributed by atoms with Gasteiger partial charge in [-0.25, -0.2) is 18.4 Å². The van der Waals surface area contributed by atoms with Gasteiger partial charge in [0.25, 0.3) is 6.43 Å². The Hall–Kier alpha value is -1.74. The molecule has 0 aromatic heterocycles. The molecule has 6 nitrogen and oxygen atoms in total. The number of aliphatic hydroxyl groups is 1. The Kier molecular flexibility index (Phi) is 6.50. The molecule has 1 aromatic carbocycles. The average Bonchev–Trinajstić information content (AvgIpc) is 2.39. The van der Waals surface area contributed by atoms with Crippen LogP contribution in [0.15, 0.2) is 22.7 Å². The molecule has 0 saturated heterocycles. The Morgan fingerprint density at radius 3 is 2.52 bits per heavy atom. The number of anilines is 1. The molecule has 0 fully saturated rings. The molecule has 0 saturated carbocycles. The topological polar surface area (TPSA) is 89.9 Å². The molecular weight excluding hydrogens is 354 g/mol. The number of hydrogen-bond donors (Lipinski definition) is 3. The first-order valence-electron chi connectivity index (χ1n) is 5.83. The van der Waals surface area contributed by atoms with Crippen LogP contribution in [0.4, 0.5) is 19.3 Å². The van der Waals surface area contributed by atoms with Crippen LogP contribution in [0.2, 0.25) is 0 Å². The highest BCUT2D eigenvalue weighted by Crippen LogP contribution is 2.24. The number of aromatic carboxylic acids is 1. The van der Waals surface area contributed by atoms with Crippen molar-refractivity contribution in [3.05, 3.63) is 28.2 Å². The molecule has 116 valence electrons. The van der Waals surface area contributed by atoms with Gasteiger partial charge in [-0.15, -0.1) is 0 Å². The lowest BCUT2D eigenvalue weighted by molar-refractivity contribution is 0.0696. The van der Waals surface area contributed by atoms with Gasteiger partial charge in [0.1, 0.15) is 0 Å². The van der Waals surface area contributed by atoms with Gasteiger partial charge in [0, 0.05) is 11.0 Å². The molecule has 0 bridgehead atoms.